The lowest BCUT2D eigenvalue weighted by molar-refractivity contribution is -0.289. The number of hydrogen-bond acceptors (Lipinski definition) is 5. The van der Waals surface area contributed by atoms with Crippen molar-refractivity contribution >= 4 is 34.2 Å². The van der Waals surface area contributed by atoms with Crippen molar-refractivity contribution in [2.24, 2.45) is 0 Å². The van der Waals surface area contributed by atoms with E-state index in [0.29, 0.717) is 28.6 Å². The molecule has 0 saturated heterocycles. The molecule has 2 aromatic heterocycles. The first-order valence-corrected chi connectivity index (χ1v) is 9.01. The van der Waals surface area contributed by atoms with E-state index in [4.69, 9.17) is 5.73 Å². The summed E-state index contributed by atoms with van der Waals surface area (Å²) in [6.07, 6.45) is -3.09. The first-order chi connectivity index (χ1) is 14.8. The second-order valence-electron chi connectivity index (χ2n) is 7.04. The van der Waals surface area contributed by atoms with Crippen molar-refractivity contribution in [2.45, 2.75) is 25.6 Å². The smallest absolute Gasteiger partial charge is 0.383 e. The summed E-state index contributed by atoms with van der Waals surface area (Å²) in [4.78, 5) is 29.7. The first kappa shape index (κ1) is 22.9. The number of pyridine rings is 1. The number of anilines is 2. The minimum absolute atomic E-state index is 0.105. The fourth-order valence-electron chi connectivity index (χ4n) is 2.96. The van der Waals surface area contributed by atoms with Gasteiger partial charge in [0.05, 0.1) is 29.0 Å². The molecule has 0 unspecified atom stereocenters. The number of aromatic nitrogens is 3. The van der Waals surface area contributed by atoms with Crippen molar-refractivity contribution in [1.29, 1.82) is 0 Å². The molecule has 13 heteroatoms. The molecule has 3 rings (SSSR count). The van der Waals surface area contributed by atoms with Crippen molar-refractivity contribution in [1.82, 2.24) is 20.1 Å². The Morgan fingerprint density at radius 2 is 1.88 bits per heavy atom. The summed E-state index contributed by atoms with van der Waals surface area (Å²) in [6.45, 7) is 1.13. The fourth-order valence-corrected chi connectivity index (χ4v) is 2.96. The predicted molar refractivity (Wildman–Crippen MR) is 105 cm³/mol. The highest BCUT2D eigenvalue weighted by Crippen LogP contribution is 2.44. The van der Waals surface area contributed by atoms with Crippen LogP contribution >= 0.6 is 0 Å². The zero-order valence-corrected chi connectivity index (χ0v) is 16.7. The molecule has 0 atom stereocenters. The number of amides is 2. The Hall–Kier alpha value is -3.77. The third-order valence-corrected chi connectivity index (χ3v) is 4.78. The molecule has 4 N–H and O–H groups in total. The van der Waals surface area contributed by atoms with E-state index in [1.807, 2.05) is 0 Å². The van der Waals surface area contributed by atoms with Gasteiger partial charge < -0.3 is 16.0 Å². The largest absolute Gasteiger partial charge is 0.458 e. The Morgan fingerprint density at radius 3 is 2.50 bits per heavy atom. The number of benzene rings is 1. The van der Waals surface area contributed by atoms with Gasteiger partial charge >= 0.3 is 23.9 Å². The third kappa shape index (κ3) is 4.18. The highest BCUT2D eigenvalue weighted by molar-refractivity contribution is 6.40. The molecule has 1 aromatic carbocycles. The molecule has 0 aliphatic carbocycles. The number of aromatic amines is 1. The first-order valence-electron chi connectivity index (χ1n) is 9.01. The molecule has 8 nitrogen and oxygen atoms in total. The third-order valence-electron chi connectivity index (χ3n) is 4.78. The van der Waals surface area contributed by atoms with Gasteiger partial charge in [-0.25, -0.2) is 4.98 Å². The van der Waals surface area contributed by atoms with Gasteiger partial charge in [-0.05, 0) is 24.1 Å². The van der Waals surface area contributed by atoms with E-state index in [0.717, 1.165) is 11.0 Å². The zero-order chi connectivity index (χ0) is 23.8. The van der Waals surface area contributed by atoms with Gasteiger partial charge in [0.15, 0.2) is 0 Å². The minimum atomic E-state index is -5.73. The molecular formula is C19H17F5N6O2. The van der Waals surface area contributed by atoms with E-state index < -0.39 is 29.5 Å². The van der Waals surface area contributed by atoms with E-state index in [1.165, 1.54) is 26.4 Å². The molecule has 3 aromatic rings. The van der Waals surface area contributed by atoms with Gasteiger partial charge in [-0.3, -0.25) is 14.7 Å². The molecule has 0 fully saturated rings. The highest BCUT2D eigenvalue weighted by atomic mass is 19.4. The Labute approximate surface area is 177 Å². The van der Waals surface area contributed by atoms with E-state index in [9.17, 15) is 31.5 Å². The number of halogens is 5. The predicted octanol–water partition coefficient (Wildman–Crippen LogP) is 3.10. The molecule has 0 radical (unpaired) electrons. The van der Waals surface area contributed by atoms with Gasteiger partial charge in [0.2, 0.25) is 0 Å². The number of carbonyl (C=O) groups is 2. The van der Waals surface area contributed by atoms with Gasteiger partial charge in [-0.1, -0.05) is 12.1 Å². The van der Waals surface area contributed by atoms with Crippen LogP contribution in [0, 0.1) is 6.92 Å². The van der Waals surface area contributed by atoms with Crippen LogP contribution in [0.4, 0.5) is 33.5 Å². The van der Waals surface area contributed by atoms with Crippen LogP contribution in [0.25, 0.3) is 10.9 Å². The maximum Gasteiger partial charge on any atom is 0.458 e. The lowest BCUT2D eigenvalue weighted by Gasteiger charge is -2.22. The summed E-state index contributed by atoms with van der Waals surface area (Å²) >= 11 is 0. The van der Waals surface area contributed by atoms with Crippen molar-refractivity contribution in [3.05, 3.63) is 47.3 Å². The molecule has 0 aliphatic heterocycles. The molecule has 0 spiro atoms. The van der Waals surface area contributed by atoms with Crippen LogP contribution in [0.5, 0.6) is 0 Å². The van der Waals surface area contributed by atoms with Crippen molar-refractivity contribution in [3.8, 4) is 0 Å². The van der Waals surface area contributed by atoms with E-state index >= 15 is 0 Å². The SMILES string of the molecule is Cc1cc(C(F)(F)C(F)(F)F)ccc1CN(C)C(=O)C(=O)Nc1cnc(N)c2cn[nH]c12. The van der Waals surface area contributed by atoms with Crippen LogP contribution < -0.4 is 11.1 Å². The van der Waals surface area contributed by atoms with Crippen LogP contribution in [-0.2, 0) is 22.1 Å². The van der Waals surface area contributed by atoms with E-state index in [1.54, 1.807) is 0 Å². The van der Waals surface area contributed by atoms with Crippen LogP contribution in [0.2, 0.25) is 0 Å². The Morgan fingerprint density at radius 1 is 1.19 bits per heavy atom. The van der Waals surface area contributed by atoms with E-state index in [-0.39, 0.29) is 23.6 Å². The number of carbonyl (C=O) groups excluding carboxylic acids is 2. The average Bonchev–Trinajstić information content (AvgIpc) is 3.21. The summed E-state index contributed by atoms with van der Waals surface area (Å²) in [5.41, 5.74) is 5.41. The fraction of sp³-hybridized carbons (Fsp3) is 0.263. The number of rotatable bonds is 4. The second-order valence-corrected chi connectivity index (χ2v) is 7.04. The second kappa shape index (κ2) is 8.05. The highest BCUT2D eigenvalue weighted by Gasteiger charge is 2.58. The number of fused-ring (bicyclic) bond motifs is 1. The normalized spacial score (nSPS) is 12.1. The average molecular weight is 456 g/mol. The standard InChI is InChI=1S/C19H17F5N6O2/c1-9-5-11(18(20,21)19(22,23)24)4-3-10(9)8-30(2)17(32)16(31)28-13-7-26-15(25)12-6-27-29-14(12)13/h3-7H,8H2,1-2H3,(H2,25,26)(H,27,29)(H,28,31). The summed E-state index contributed by atoms with van der Waals surface area (Å²) in [7, 11) is 1.28. The van der Waals surface area contributed by atoms with Crippen LogP contribution in [0.15, 0.2) is 30.6 Å². The molecular weight excluding hydrogens is 439 g/mol. The molecule has 170 valence electrons. The van der Waals surface area contributed by atoms with Gasteiger partial charge in [0.25, 0.3) is 0 Å². The van der Waals surface area contributed by atoms with Crippen LogP contribution in [0.3, 0.4) is 0 Å². The maximum atomic E-state index is 13.5. The summed E-state index contributed by atoms with van der Waals surface area (Å²) in [6, 6.07) is 2.41. The number of likely N-dealkylation sites (N-methyl/N-ethyl adjacent to an activating group) is 1. The Balaban J connectivity index is 1.73. The molecule has 0 aliphatic rings. The number of hydrogen-bond donors (Lipinski definition) is 3. The molecule has 32 heavy (non-hydrogen) atoms. The van der Waals surface area contributed by atoms with Gasteiger partial charge in [0, 0.05) is 19.2 Å². The number of H-pyrrole nitrogens is 1. The number of aryl methyl sites for hydroxylation is 1. The van der Waals surface area contributed by atoms with Crippen LogP contribution in [-0.4, -0.2) is 45.1 Å². The number of nitrogens with two attached hydrogens (primary N) is 1. The van der Waals surface area contributed by atoms with Crippen molar-refractivity contribution < 1.29 is 31.5 Å². The lowest BCUT2D eigenvalue weighted by Crippen LogP contribution is -2.37. The lowest BCUT2D eigenvalue weighted by atomic mass is 10.0. The monoisotopic (exact) mass is 456 g/mol. The number of nitrogens with one attached hydrogen (secondary N) is 2. The molecule has 2 amide bonds. The number of nitrogens with zero attached hydrogens (tertiary/aromatic N) is 3. The summed E-state index contributed by atoms with van der Waals surface area (Å²) in [5, 5.41) is 9.25. The maximum absolute atomic E-state index is 13.5. The van der Waals surface area contributed by atoms with Crippen LogP contribution in [0.1, 0.15) is 16.7 Å². The van der Waals surface area contributed by atoms with Gasteiger partial charge in [-0.2, -0.15) is 27.1 Å². The van der Waals surface area contributed by atoms with Gasteiger partial charge in [-0.15, -0.1) is 0 Å². The number of alkyl halides is 5. The number of nitrogen functional groups attached to an aromatic ring is 1. The molecule has 0 saturated carbocycles. The minimum Gasteiger partial charge on any atom is -0.383 e. The summed E-state index contributed by atoms with van der Waals surface area (Å²) in [5.74, 6) is -6.83. The van der Waals surface area contributed by atoms with Crippen molar-refractivity contribution in [2.75, 3.05) is 18.1 Å². The molecule has 2 heterocycles. The zero-order valence-electron chi connectivity index (χ0n) is 16.7. The van der Waals surface area contributed by atoms with E-state index in [2.05, 4.69) is 20.5 Å². The summed E-state index contributed by atoms with van der Waals surface area (Å²) < 4.78 is 64.8. The van der Waals surface area contributed by atoms with Crippen molar-refractivity contribution in [3.63, 3.8) is 0 Å². The molecule has 0 bridgehead atoms. The Kier molecular flexibility index (Phi) is 5.76. The quantitative estimate of drug-likeness (QED) is 0.412. The topological polar surface area (TPSA) is 117 Å². The van der Waals surface area contributed by atoms with Gasteiger partial charge in [0.1, 0.15) is 5.82 Å². The Bertz CT molecular complexity index is 1190.